The van der Waals surface area contributed by atoms with Gasteiger partial charge < -0.3 is 4.90 Å². The standard InChI is InChI=1S/C26H35FN4O/c1-8-24-23(15-17(2)21-9-10-22(19(4)32)25(27)18(21)3)28-29-31(24)20-11-13-30(14-12-20)16-26(5,6)7/h8-10,15,20H,1,11-14,16H2,2-7H3/b17-15+. The summed E-state index contributed by atoms with van der Waals surface area (Å²) in [5.41, 5.74) is 4.11. The predicted molar refractivity (Wildman–Crippen MR) is 129 cm³/mol. The van der Waals surface area contributed by atoms with Crippen LogP contribution in [-0.4, -0.2) is 45.3 Å². The van der Waals surface area contributed by atoms with Crippen LogP contribution >= 0.6 is 0 Å². The topological polar surface area (TPSA) is 51.0 Å². The number of rotatable bonds is 6. The summed E-state index contributed by atoms with van der Waals surface area (Å²) in [6.45, 7) is 19.0. The first-order valence-corrected chi connectivity index (χ1v) is 11.3. The molecule has 1 aliphatic rings. The third-order valence-corrected chi connectivity index (χ3v) is 6.10. The van der Waals surface area contributed by atoms with Gasteiger partial charge >= 0.3 is 0 Å². The fourth-order valence-corrected chi connectivity index (χ4v) is 4.54. The van der Waals surface area contributed by atoms with Gasteiger partial charge in [-0.2, -0.15) is 0 Å². The van der Waals surface area contributed by atoms with Crippen LogP contribution in [0.15, 0.2) is 18.7 Å². The number of hydrogen-bond donors (Lipinski definition) is 0. The van der Waals surface area contributed by atoms with Crippen LogP contribution in [0.4, 0.5) is 4.39 Å². The number of allylic oxidation sites excluding steroid dienone is 1. The predicted octanol–water partition coefficient (Wildman–Crippen LogP) is 5.81. The lowest BCUT2D eigenvalue weighted by molar-refractivity contribution is 0.101. The van der Waals surface area contributed by atoms with Gasteiger partial charge in [0.1, 0.15) is 11.5 Å². The summed E-state index contributed by atoms with van der Waals surface area (Å²) in [6, 6.07) is 3.64. The number of benzene rings is 1. The van der Waals surface area contributed by atoms with Crippen LogP contribution in [0.25, 0.3) is 17.7 Å². The van der Waals surface area contributed by atoms with Crippen molar-refractivity contribution < 1.29 is 9.18 Å². The van der Waals surface area contributed by atoms with E-state index in [4.69, 9.17) is 0 Å². The lowest BCUT2D eigenvalue weighted by Crippen LogP contribution is -2.39. The third kappa shape index (κ3) is 5.23. The van der Waals surface area contributed by atoms with Gasteiger partial charge in [0.25, 0.3) is 0 Å². The Bertz CT molecular complexity index is 1040. The van der Waals surface area contributed by atoms with E-state index in [0.29, 0.717) is 17.0 Å². The van der Waals surface area contributed by atoms with Gasteiger partial charge in [-0.25, -0.2) is 9.07 Å². The van der Waals surface area contributed by atoms with E-state index in [1.165, 1.54) is 6.92 Å². The van der Waals surface area contributed by atoms with Gasteiger partial charge in [0.05, 0.1) is 17.3 Å². The average molecular weight is 439 g/mol. The van der Waals surface area contributed by atoms with Crippen molar-refractivity contribution in [2.45, 2.75) is 60.4 Å². The number of carbonyl (C=O) groups excluding carboxylic acids is 1. The number of aromatic nitrogens is 3. The molecule has 1 aromatic carbocycles. The zero-order chi connectivity index (χ0) is 23.6. The van der Waals surface area contributed by atoms with Crippen molar-refractivity contribution >= 4 is 23.5 Å². The lowest BCUT2D eigenvalue weighted by atomic mass is 9.94. The van der Waals surface area contributed by atoms with Crippen molar-refractivity contribution in [3.8, 4) is 0 Å². The molecule has 32 heavy (non-hydrogen) atoms. The Labute approximate surface area is 191 Å². The molecule has 3 rings (SSSR count). The van der Waals surface area contributed by atoms with Crippen LogP contribution in [0, 0.1) is 18.2 Å². The number of piperidine rings is 1. The Morgan fingerprint density at radius 1 is 1.22 bits per heavy atom. The summed E-state index contributed by atoms with van der Waals surface area (Å²) < 4.78 is 16.6. The fourth-order valence-electron chi connectivity index (χ4n) is 4.54. The van der Waals surface area contributed by atoms with E-state index >= 15 is 0 Å². The van der Waals surface area contributed by atoms with Crippen molar-refractivity contribution in [3.63, 3.8) is 0 Å². The molecule has 0 spiro atoms. The molecule has 1 fully saturated rings. The minimum Gasteiger partial charge on any atom is -0.303 e. The number of nitrogens with zero attached hydrogens (tertiary/aromatic N) is 4. The molecule has 2 heterocycles. The van der Waals surface area contributed by atoms with E-state index in [9.17, 15) is 9.18 Å². The summed E-state index contributed by atoms with van der Waals surface area (Å²) in [6.07, 6.45) is 5.77. The largest absolute Gasteiger partial charge is 0.303 e. The number of Topliss-reactive ketones (excluding diaryl/α,β-unsaturated/α-hetero) is 1. The monoisotopic (exact) mass is 438 g/mol. The van der Waals surface area contributed by atoms with Crippen molar-refractivity contribution in [1.82, 2.24) is 19.9 Å². The van der Waals surface area contributed by atoms with E-state index in [1.807, 2.05) is 17.7 Å². The quantitative estimate of drug-likeness (QED) is 0.534. The highest BCUT2D eigenvalue weighted by Crippen LogP contribution is 2.29. The molecule has 0 radical (unpaired) electrons. The van der Waals surface area contributed by atoms with Crippen LogP contribution in [0.2, 0.25) is 0 Å². The second-order valence-electron chi connectivity index (χ2n) is 10.1. The van der Waals surface area contributed by atoms with Crippen molar-refractivity contribution in [3.05, 3.63) is 52.6 Å². The number of likely N-dealkylation sites (tertiary alicyclic amines) is 1. The zero-order valence-electron chi connectivity index (χ0n) is 20.2. The Morgan fingerprint density at radius 3 is 2.41 bits per heavy atom. The molecule has 1 saturated heterocycles. The van der Waals surface area contributed by atoms with E-state index < -0.39 is 5.82 Å². The summed E-state index contributed by atoms with van der Waals surface area (Å²) >= 11 is 0. The molecule has 172 valence electrons. The van der Waals surface area contributed by atoms with E-state index in [0.717, 1.165) is 55.0 Å². The van der Waals surface area contributed by atoms with Crippen molar-refractivity contribution in [2.24, 2.45) is 5.41 Å². The second kappa shape index (κ2) is 9.49. The molecule has 1 aromatic heterocycles. The highest BCUT2D eigenvalue weighted by molar-refractivity contribution is 5.95. The highest BCUT2D eigenvalue weighted by atomic mass is 19.1. The molecule has 5 nitrogen and oxygen atoms in total. The van der Waals surface area contributed by atoms with Crippen molar-refractivity contribution in [2.75, 3.05) is 19.6 Å². The van der Waals surface area contributed by atoms with Gasteiger partial charge in [-0.15, -0.1) is 5.10 Å². The van der Waals surface area contributed by atoms with Gasteiger partial charge in [0.2, 0.25) is 0 Å². The van der Waals surface area contributed by atoms with Crippen LogP contribution in [0.3, 0.4) is 0 Å². The summed E-state index contributed by atoms with van der Waals surface area (Å²) in [5.74, 6) is -0.735. The molecule has 0 aliphatic carbocycles. The van der Waals surface area contributed by atoms with Crippen molar-refractivity contribution in [1.29, 1.82) is 0 Å². The smallest absolute Gasteiger partial charge is 0.162 e. The maximum Gasteiger partial charge on any atom is 0.162 e. The summed E-state index contributed by atoms with van der Waals surface area (Å²) in [5, 5.41) is 8.86. The van der Waals surface area contributed by atoms with E-state index in [-0.39, 0.29) is 11.3 Å². The highest BCUT2D eigenvalue weighted by Gasteiger charge is 2.26. The number of halogens is 1. The first kappa shape index (κ1) is 24.1. The number of hydrogen-bond acceptors (Lipinski definition) is 4. The average Bonchev–Trinajstić information content (AvgIpc) is 3.11. The van der Waals surface area contributed by atoms with Gasteiger partial charge in [-0.1, -0.05) is 38.6 Å². The lowest BCUT2D eigenvalue weighted by Gasteiger charge is -2.36. The van der Waals surface area contributed by atoms with E-state index in [1.54, 1.807) is 25.1 Å². The Hall–Kier alpha value is -2.60. The first-order valence-electron chi connectivity index (χ1n) is 11.3. The van der Waals surface area contributed by atoms with Gasteiger partial charge in [0.15, 0.2) is 5.78 Å². The Balaban J connectivity index is 1.83. The third-order valence-electron chi connectivity index (χ3n) is 6.10. The van der Waals surface area contributed by atoms with Crippen LogP contribution < -0.4 is 0 Å². The zero-order valence-corrected chi connectivity index (χ0v) is 20.2. The molecular weight excluding hydrogens is 403 g/mol. The van der Waals surface area contributed by atoms with E-state index in [2.05, 4.69) is 42.6 Å². The molecule has 0 saturated carbocycles. The van der Waals surface area contributed by atoms with Gasteiger partial charge in [-0.05, 0) is 73.9 Å². The molecule has 0 bridgehead atoms. The van der Waals surface area contributed by atoms with Crippen LogP contribution in [0.1, 0.15) is 86.4 Å². The SMILES string of the molecule is C=Cc1c(/C=C(\C)c2ccc(C(C)=O)c(F)c2C)nnn1C1CCN(CC(C)(C)C)CC1. The maximum absolute atomic E-state index is 14.6. The summed E-state index contributed by atoms with van der Waals surface area (Å²) in [4.78, 5) is 14.1. The number of carbonyl (C=O) groups is 1. The second-order valence-corrected chi connectivity index (χ2v) is 10.1. The molecule has 0 unspecified atom stereocenters. The summed E-state index contributed by atoms with van der Waals surface area (Å²) in [7, 11) is 0. The Kier molecular flexibility index (Phi) is 7.13. The number of ketones is 1. The molecular formula is C26H35FN4O. The molecule has 6 heteroatoms. The maximum atomic E-state index is 14.6. The Morgan fingerprint density at radius 2 is 1.84 bits per heavy atom. The molecule has 0 N–H and O–H groups in total. The molecule has 0 amide bonds. The minimum absolute atomic E-state index is 0.120. The minimum atomic E-state index is -0.461. The van der Waals surface area contributed by atoms with Crippen LogP contribution in [-0.2, 0) is 0 Å². The van der Waals surface area contributed by atoms with Crippen LogP contribution in [0.5, 0.6) is 0 Å². The molecule has 0 atom stereocenters. The fraction of sp³-hybridized carbons (Fsp3) is 0.500. The molecule has 2 aromatic rings. The molecule has 1 aliphatic heterocycles. The van der Waals surface area contributed by atoms with Gasteiger partial charge in [-0.3, -0.25) is 4.79 Å². The normalized spacial score (nSPS) is 16.4. The van der Waals surface area contributed by atoms with Gasteiger partial charge in [0, 0.05) is 19.6 Å². The first-order chi connectivity index (χ1) is 15.0.